The molecule has 0 radical (unpaired) electrons. The molecule has 1 aliphatic heterocycles. The second kappa shape index (κ2) is 7.17. The van der Waals surface area contributed by atoms with Crippen molar-refractivity contribution in [2.75, 3.05) is 19.6 Å². The Balaban J connectivity index is 1.60. The van der Waals surface area contributed by atoms with Crippen LogP contribution in [0.3, 0.4) is 0 Å². The number of hydrogen-bond acceptors (Lipinski definition) is 4. The molecular formula is C21H20ClN5O2. The summed E-state index contributed by atoms with van der Waals surface area (Å²) in [5.74, 6) is -0.991. The molecule has 4 aromatic rings. The van der Waals surface area contributed by atoms with E-state index in [4.69, 9.17) is 16.7 Å². The monoisotopic (exact) mass is 409 g/mol. The molecule has 1 fully saturated rings. The number of benzene rings is 1. The fourth-order valence-corrected chi connectivity index (χ4v) is 4.27. The molecular weight excluding hydrogens is 390 g/mol. The predicted octanol–water partition coefficient (Wildman–Crippen LogP) is 4.03. The van der Waals surface area contributed by atoms with Crippen LogP contribution in [-0.2, 0) is 6.54 Å². The van der Waals surface area contributed by atoms with E-state index in [0.29, 0.717) is 16.1 Å². The molecule has 3 aromatic heterocycles. The maximum atomic E-state index is 11.5. The minimum absolute atomic E-state index is 0.192. The summed E-state index contributed by atoms with van der Waals surface area (Å²) in [5, 5.41) is 15.9. The smallest absolute Gasteiger partial charge is 0.337 e. The van der Waals surface area contributed by atoms with Crippen molar-refractivity contribution < 1.29 is 9.90 Å². The number of pyridine rings is 1. The number of aromatic amines is 1. The zero-order valence-corrected chi connectivity index (χ0v) is 16.5. The van der Waals surface area contributed by atoms with Gasteiger partial charge < -0.3 is 15.0 Å². The Morgan fingerprint density at radius 3 is 2.79 bits per heavy atom. The molecule has 1 saturated heterocycles. The quantitative estimate of drug-likeness (QED) is 0.519. The largest absolute Gasteiger partial charge is 0.478 e. The molecule has 0 saturated carbocycles. The fourth-order valence-electron chi connectivity index (χ4n) is 4.10. The highest BCUT2D eigenvalue weighted by Crippen LogP contribution is 2.32. The van der Waals surface area contributed by atoms with Crippen LogP contribution in [-0.4, -0.2) is 55.4 Å². The summed E-state index contributed by atoms with van der Waals surface area (Å²) in [6.45, 7) is 4.03. The Kier molecular flexibility index (Phi) is 4.49. The first kappa shape index (κ1) is 18.1. The van der Waals surface area contributed by atoms with Gasteiger partial charge in [-0.05, 0) is 56.3 Å². The van der Waals surface area contributed by atoms with Crippen molar-refractivity contribution in [3.8, 4) is 11.4 Å². The number of aromatic carboxylic acids is 1. The number of rotatable bonds is 5. The predicted molar refractivity (Wildman–Crippen MR) is 112 cm³/mol. The average Bonchev–Trinajstić information content (AvgIpc) is 3.43. The molecule has 7 nitrogen and oxygen atoms in total. The van der Waals surface area contributed by atoms with Crippen molar-refractivity contribution in [2.45, 2.75) is 19.4 Å². The zero-order chi connectivity index (χ0) is 20.0. The molecule has 0 amide bonds. The van der Waals surface area contributed by atoms with Gasteiger partial charge >= 0.3 is 5.97 Å². The van der Waals surface area contributed by atoms with Gasteiger partial charge in [-0.2, -0.15) is 5.10 Å². The second-order valence-electron chi connectivity index (χ2n) is 7.39. The van der Waals surface area contributed by atoms with Crippen molar-refractivity contribution in [1.29, 1.82) is 0 Å². The van der Waals surface area contributed by atoms with Crippen molar-refractivity contribution in [1.82, 2.24) is 24.6 Å². The summed E-state index contributed by atoms with van der Waals surface area (Å²) in [6.07, 6.45) is 4.02. The lowest BCUT2D eigenvalue weighted by Gasteiger charge is -2.14. The highest BCUT2D eigenvalue weighted by molar-refractivity contribution is 6.31. The van der Waals surface area contributed by atoms with Crippen LogP contribution in [0.5, 0.6) is 0 Å². The Morgan fingerprint density at radius 2 is 2.00 bits per heavy atom. The van der Waals surface area contributed by atoms with E-state index in [1.807, 2.05) is 28.9 Å². The Hall–Kier alpha value is -2.90. The summed E-state index contributed by atoms with van der Waals surface area (Å²) in [5.41, 5.74) is 3.77. The third-order valence-corrected chi connectivity index (χ3v) is 5.78. The van der Waals surface area contributed by atoms with Crippen LogP contribution < -0.4 is 0 Å². The van der Waals surface area contributed by atoms with E-state index >= 15 is 0 Å². The Bertz CT molecular complexity index is 1220. The molecule has 0 atom stereocenters. The minimum Gasteiger partial charge on any atom is -0.478 e. The van der Waals surface area contributed by atoms with Gasteiger partial charge in [-0.25, -0.2) is 4.79 Å². The molecule has 4 heterocycles. The van der Waals surface area contributed by atoms with Gasteiger partial charge in [0.1, 0.15) is 5.69 Å². The molecule has 0 bridgehead atoms. The molecule has 2 N–H and O–H groups in total. The summed E-state index contributed by atoms with van der Waals surface area (Å²) in [7, 11) is 0. The highest BCUT2D eigenvalue weighted by atomic mass is 35.5. The van der Waals surface area contributed by atoms with Gasteiger partial charge in [-0.15, -0.1) is 0 Å². The number of carboxylic acids is 1. The van der Waals surface area contributed by atoms with Crippen LogP contribution in [0.4, 0.5) is 0 Å². The van der Waals surface area contributed by atoms with E-state index < -0.39 is 5.97 Å². The lowest BCUT2D eigenvalue weighted by atomic mass is 10.1. The van der Waals surface area contributed by atoms with Crippen molar-refractivity contribution in [3.05, 3.63) is 47.1 Å². The molecule has 1 aromatic carbocycles. The molecule has 1 aliphatic rings. The standard InChI is InChI=1S/C21H20ClN5O2/c22-13-3-4-18-15(11-13)20(25-27(18)10-9-26-7-1-2-8-26)17-12-16-19(24-17)14(21(28)29)5-6-23-16/h3-6,11-12,24H,1-2,7-10H2,(H,28,29). The maximum Gasteiger partial charge on any atom is 0.337 e. The number of fused-ring (bicyclic) bond motifs is 2. The van der Waals surface area contributed by atoms with Crippen molar-refractivity contribution >= 4 is 39.5 Å². The van der Waals surface area contributed by atoms with Crippen LogP contribution in [0, 0.1) is 0 Å². The van der Waals surface area contributed by atoms with Crippen LogP contribution >= 0.6 is 11.6 Å². The number of aromatic nitrogens is 4. The third kappa shape index (κ3) is 3.26. The van der Waals surface area contributed by atoms with Gasteiger partial charge in [0.2, 0.25) is 0 Å². The summed E-state index contributed by atoms with van der Waals surface area (Å²) >= 11 is 6.27. The average molecular weight is 410 g/mol. The van der Waals surface area contributed by atoms with E-state index in [-0.39, 0.29) is 5.56 Å². The summed E-state index contributed by atoms with van der Waals surface area (Å²) < 4.78 is 2.01. The minimum atomic E-state index is -0.991. The molecule has 148 valence electrons. The number of nitrogens with zero attached hydrogens (tertiary/aromatic N) is 4. The lowest BCUT2D eigenvalue weighted by Crippen LogP contribution is -2.24. The fraction of sp³-hybridized carbons (Fsp3) is 0.286. The second-order valence-corrected chi connectivity index (χ2v) is 7.83. The molecule has 0 aliphatic carbocycles. The van der Waals surface area contributed by atoms with E-state index in [0.717, 1.165) is 48.5 Å². The van der Waals surface area contributed by atoms with Crippen molar-refractivity contribution in [2.24, 2.45) is 0 Å². The number of H-pyrrole nitrogens is 1. The number of carboxylic acid groups (broad SMARTS) is 1. The third-order valence-electron chi connectivity index (χ3n) is 5.55. The molecule has 0 spiro atoms. The van der Waals surface area contributed by atoms with Gasteiger partial charge in [-0.3, -0.25) is 9.67 Å². The topological polar surface area (TPSA) is 87.0 Å². The van der Waals surface area contributed by atoms with E-state index in [1.54, 1.807) is 0 Å². The van der Waals surface area contributed by atoms with E-state index in [2.05, 4.69) is 14.9 Å². The van der Waals surface area contributed by atoms with Gasteiger partial charge in [0.15, 0.2) is 0 Å². The van der Waals surface area contributed by atoms with Crippen LogP contribution in [0.15, 0.2) is 36.5 Å². The van der Waals surface area contributed by atoms with Gasteiger partial charge in [-0.1, -0.05) is 11.6 Å². The SMILES string of the molecule is O=C(O)c1ccnc2cc(-c3nn(CCN4CCCC4)c4ccc(Cl)cc34)[nH]c12. The summed E-state index contributed by atoms with van der Waals surface area (Å²) in [4.78, 5) is 21.5. The Labute approximate surface area is 171 Å². The van der Waals surface area contributed by atoms with Crippen molar-refractivity contribution in [3.63, 3.8) is 0 Å². The number of carbonyl (C=O) groups is 1. The molecule has 29 heavy (non-hydrogen) atoms. The maximum absolute atomic E-state index is 11.5. The first-order chi connectivity index (χ1) is 14.1. The zero-order valence-electron chi connectivity index (χ0n) is 15.7. The first-order valence-electron chi connectivity index (χ1n) is 9.70. The van der Waals surface area contributed by atoms with Crippen LogP contribution in [0.2, 0.25) is 5.02 Å². The highest BCUT2D eigenvalue weighted by Gasteiger charge is 2.19. The number of nitrogens with one attached hydrogen (secondary N) is 1. The number of likely N-dealkylation sites (tertiary alicyclic amines) is 1. The van der Waals surface area contributed by atoms with Gasteiger partial charge in [0.25, 0.3) is 0 Å². The lowest BCUT2D eigenvalue weighted by molar-refractivity contribution is 0.0698. The molecule has 0 unspecified atom stereocenters. The normalized spacial score (nSPS) is 14.9. The van der Waals surface area contributed by atoms with Gasteiger partial charge in [0, 0.05) is 23.2 Å². The molecule has 8 heteroatoms. The Morgan fingerprint density at radius 1 is 1.17 bits per heavy atom. The van der Waals surface area contributed by atoms with Crippen LogP contribution in [0.1, 0.15) is 23.2 Å². The number of halogens is 1. The van der Waals surface area contributed by atoms with Gasteiger partial charge in [0.05, 0.1) is 34.4 Å². The van der Waals surface area contributed by atoms with E-state index in [9.17, 15) is 9.90 Å². The van der Waals surface area contributed by atoms with E-state index in [1.165, 1.54) is 25.1 Å². The first-order valence-corrected chi connectivity index (χ1v) is 10.1. The van der Waals surface area contributed by atoms with Crippen LogP contribution in [0.25, 0.3) is 33.3 Å². The number of hydrogen-bond donors (Lipinski definition) is 2. The summed E-state index contributed by atoms with van der Waals surface area (Å²) in [6, 6.07) is 9.10. The molecule has 5 rings (SSSR count).